The first-order chi connectivity index (χ1) is 10.3. The SMILES string of the molecule is CC(=O)N1CCC(C(=O)Nc2ccccc2C(C)(C)C)CC1. The second-order valence-corrected chi connectivity index (χ2v) is 7.07. The van der Waals surface area contributed by atoms with Crippen LogP contribution in [0.15, 0.2) is 24.3 Å². The molecule has 4 nitrogen and oxygen atoms in total. The first-order valence-corrected chi connectivity index (χ1v) is 7.95. The molecule has 1 saturated heterocycles. The fourth-order valence-corrected chi connectivity index (χ4v) is 2.94. The standard InChI is InChI=1S/C18H26N2O2/c1-13(21)20-11-9-14(10-12-20)17(22)19-16-8-6-5-7-15(16)18(2,3)4/h5-8,14H,9-12H2,1-4H3,(H,19,22). The number of nitrogens with one attached hydrogen (secondary N) is 1. The van der Waals surface area contributed by atoms with E-state index in [0.29, 0.717) is 13.1 Å². The van der Waals surface area contributed by atoms with Crippen molar-refractivity contribution in [3.8, 4) is 0 Å². The maximum Gasteiger partial charge on any atom is 0.227 e. The molecule has 1 aliphatic rings. The number of piperidine rings is 1. The molecule has 2 rings (SSSR count). The van der Waals surface area contributed by atoms with E-state index in [0.717, 1.165) is 24.1 Å². The fraction of sp³-hybridized carbons (Fsp3) is 0.556. The van der Waals surface area contributed by atoms with Gasteiger partial charge in [-0.05, 0) is 29.9 Å². The van der Waals surface area contributed by atoms with Gasteiger partial charge < -0.3 is 10.2 Å². The smallest absolute Gasteiger partial charge is 0.227 e. The van der Waals surface area contributed by atoms with Crippen molar-refractivity contribution in [3.05, 3.63) is 29.8 Å². The first kappa shape index (κ1) is 16.5. The molecule has 1 aromatic rings. The van der Waals surface area contributed by atoms with Crippen LogP contribution in [0.3, 0.4) is 0 Å². The van der Waals surface area contributed by atoms with Crippen molar-refractivity contribution >= 4 is 17.5 Å². The molecule has 0 aromatic heterocycles. The minimum atomic E-state index is -0.0120. The van der Waals surface area contributed by atoms with E-state index >= 15 is 0 Å². The van der Waals surface area contributed by atoms with Gasteiger partial charge in [-0.15, -0.1) is 0 Å². The van der Waals surface area contributed by atoms with Crippen LogP contribution in [0, 0.1) is 5.92 Å². The van der Waals surface area contributed by atoms with Crippen LogP contribution in [-0.2, 0) is 15.0 Å². The van der Waals surface area contributed by atoms with E-state index in [-0.39, 0.29) is 23.1 Å². The third kappa shape index (κ3) is 3.87. The summed E-state index contributed by atoms with van der Waals surface area (Å²) in [6.45, 7) is 9.36. The topological polar surface area (TPSA) is 49.4 Å². The largest absolute Gasteiger partial charge is 0.343 e. The Balaban J connectivity index is 2.03. The van der Waals surface area contributed by atoms with Crippen molar-refractivity contribution in [2.75, 3.05) is 18.4 Å². The summed E-state index contributed by atoms with van der Waals surface area (Å²) in [6.07, 6.45) is 1.48. The number of benzene rings is 1. The number of anilines is 1. The van der Waals surface area contributed by atoms with Gasteiger partial charge in [0.2, 0.25) is 11.8 Å². The van der Waals surface area contributed by atoms with Gasteiger partial charge in [0, 0.05) is 31.6 Å². The molecule has 0 saturated carbocycles. The van der Waals surface area contributed by atoms with Gasteiger partial charge in [-0.25, -0.2) is 0 Å². The molecule has 0 aliphatic carbocycles. The molecular formula is C18H26N2O2. The summed E-state index contributed by atoms with van der Waals surface area (Å²) in [5, 5.41) is 3.09. The number of likely N-dealkylation sites (tertiary alicyclic amines) is 1. The molecule has 1 N–H and O–H groups in total. The lowest BCUT2D eigenvalue weighted by Gasteiger charge is -2.31. The van der Waals surface area contributed by atoms with Crippen LogP contribution >= 0.6 is 0 Å². The summed E-state index contributed by atoms with van der Waals surface area (Å²) >= 11 is 0. The second-order valence-electron chi connectivity index (χ2n) is 7.07. The number of hydrogen-bond donors (Lipinski definition) is 1. The highest BCUT2D eigenvalue weighted by Crippen LogP contribution is 2.30. The van der Waals surface area contributed by atoms with Crippen molar-refractivity contribution < 1.29 is 9.59 Å². The zero-order valence-electron chi connectivity index (χ0n) is 14.0. The van der Waals surface area contributed by atoms with Gasteiger partial charge in [0.25, 0.3) is 0 Å². The van der Waals surface area contributed by atoms with Crippen LogP contribution in [0.5, 0.6) is 0 Å². The van der Waals surface area contributed by atoms with Crippen molar-refractivity contribution in [2.24, 2.45) is 5.92 Å². The van der Waals surface area contributed by atoms with Crippen LogP contribution < -0.4 is 5.32 Å². The third-order valence-electron chi connectivity index (χ3n) is 4.30. The van der Waals surface area contributed by atoms with Gasteiger partial charge in [0.05, 0.1) is 0 Å². The van der Waals surface area contributed by atoms with Crippen LogP contribution in [0.2, 0.25) is 0 Å². The van der Waals surface area contributed by atoms with Crippen molar-refractivity contribution in [3.63, 3.8) is 0 Å². The quantitative estimate of drug-likeness (QED) is 0.912. The predicted octanol–water partition coefficient (Wildman–Crippen LogP) is 3.18. The van der Waals surface area contributed by atoms with E-state index in [9.17, 15) is 9.59 Å². The summed E-state index contributed by atoms with van der Waals surface area (Å²) in [7, 11) is 0. The van der Waals surface area contributed by atoms with Gasteiger partial charge in [0.1, 0.15) is 0 Å². The normalized spacial score (nSPS) is 16.5. The number of nitrogens with zero attached hydrogens (tertiary/aromatic N) is 1. The lowest BCUT2D eigenvalue weighted by molar-refractivity contribution is -0.132. The van der Waals surface area contributed by atoms with Crippen molar-refractivity contribution in [2.45, 2.75) is 46.0 Å². The van der Waals surface area contributed by atoms with E-state index in [1.54, 1.807) is 6.92 Å². The maximum absolute atomic E-state index is 12.5. The Morgan fingerprint density at radius 2 is 1.73 bits per heavy atom. The minimum Gasteiger partial charge on any atom is -0.343 e. The predicted molar refractivity (Wildman–Crippen MR) is 88.7 cm³/mol. The molecule has 0 bridgehead atoms. The van der Waals surface area contributed by atoms with Gasteiger partial charge in [0.15, 0.2) is 0 Å². The Labute approximate surface area is 132 Å². The van der Waals surface area contributed by atoms with E-state index in [2.05, 4.69) is 32.2 Å². The number of para-hydroxylation sites is 1. The highest BCUT2D eigenvalue weighted by atomic mass is 16.2. The lowest BCUT2D eigenvalue weighted by Crippen LogP contribution is -2.40. The molecule has 1 aromatic carbocycles. The fourth-order valence-electron chi connectivity index (χ4n) is 2.94. The van der Waals surface area contributed by atoms with Gasteiger partial charge in [-0.1, -0.05) is 39.0 Å². The number of hydrogen-bond acceptors (Lipinski definition) is 2. The van der Waals surface area contributed by atoms with Crippen LogP contribution in [0.1, 0.15) is 46.1 Å². The molecule has 2 amide bonds. The molecule has 4 heteroatoms. The van der Waals surface area contributed by atoms with E-state index < -0.39 is 0 Å². The van der Waals surface area contributed by atoms with Crippen LogP contribution in [0.25, 0.3) is 0 Å². The van der Waals surface area contributed by atoms with Crippen molar-refractivity contribution in [1.29, 1.82) is 0 Å². The van der Waals surface area contributed by atoms with E-state index in [1.165, 1.54) is 0 Å². The minimum absolute atomic E-state index is 0.0105. The number of rotatable bonds is 2. The molecular weight excluding hydrogens is 276 g/mol. The van der Waals surface area contributed by atoms with Crippen LogP contribution in [-0.4, -0.2) is 29.8 Å². The molecule has 0 spiro atoms. The molecule has 1 aliphatic heterocycles. The average molecular weight is 302 g/mol. The number of carbonyl (C=O) groups is 2. The summed E-state index contributed by atoms with van der Waals surface area (Å²) in [5.41, 5.74) is 2.03. The van der Waals surface area contributed by atoms with E-state index in [4.69, 9.17) is 0 Å². The highest BCUT2D eigenvalue weighted by Gasteiger charge is 2.27. The first-order valence-electron chi connectivity index (χ1n) is 7.95. The zero-order valence-corrected chi connectivity index (χ0v) is 14.0. The average Bonchev–Trinajstić information content (AvgIpc) is 2.46. The molecule has 0 atom stereocenters. The summed E-state index contributed by atoms with van der Waals surface area (Å²) in [4.78, 5) is 25.7. The number of amides is 2. The lowest BCUT2D eigenvalue weighted by atomic mass is 9.85. The Hall–Kier alpha value is -1.84. The Morgan fingerprint density at radius 1 is 1.14 bits per heavy atom. The van der Waals surface area contributed by atoms with Gasteiger partial charge in [-0.3, -0.25) is 9.59 Å². The molecule has 1 heterocycles. The van der Waals surface area contributed by atoms with Gasteiger partial charge >= 0.3 is 0 Å². The van der Waals surface area contributed by atoms with Gasteiger partial charge in [-0.2, -0.15) is 0 Å². The molecule has 0 unspecified atom stereocenters. The Bertz CT molecular complexity index is 552. The monoisotopic (exact) mass is 302 g/mol. The molecule has 120 valence electrons. The molecule has 0 radical (unpaired) electrons. The summed E-state index contributed by atoms with van der Waals surface area (Å²) in [5.74, 6) is 0.153. The Morgan fingerprint density at radius 3 is 2.27 bits per heavy atom. The molecule has 1 fully saturated rings. The van der Waals surface area contributed by atoms with E-state index in [1.807, 2.05) is 23.1 Å². The van der Waals surface area contributed by atoms with Crippen molar-refractivity contribution in [1.82, 2.24) is 4.90 Å². The molecule has 22 heavy (non-hydrogen) atoms. The Kier molecular flexibility index (Phi) is 4.89. The third-order valence-corrected chi connectivity index (χ3v) is 4.30. The van der Waals surface area contributed by atoms with Crippen LogP contribution in [0.4, 0.5) is 5.69 Å². The summed E-state index contributed by atoms with van der Waals surface area (Å²) in [6, 6.07) is 7.97. The number of carbonyl (C=O) groups excluding carboxylic acids is 2. The second kappa shape index (κ2) is 6.51. The highest BCUT2D eigenvalue weighted by molar-refractivity contribution is 5.93. The zero-order chi connectivity index (χ0) is 16.3. The summed E-state index contributed by atoms with van der Waals surface area (Å²) < 4.78 is 0. The maximum atomic E-state index is 12.5.